The van der Waals surface area contributed by atoms with E-state index in [0.717, 1.165) is 16.7 Å². The largest absolute Gasteiger partial charge is 0.480 e. The number of hydrogen-bond acceptors (Lipinski definition) is 5. The molecule has 3 rings (SSSR count). The molecule has 1 amide bonds. The van der Waals surface area contributed by atoms with Crippen LogP contribution in [-0.2, 0) is 14.4 Å². The third kappa shape index (κ3) is 2.69. The summed E-state index contributed by atoms with van der Waals surface area (Å²) >= 11 is 6.87. The quantitative estimate of drug-likeness (QED) is 0.449. The molecule has 1 aromatic rings. The Morgan fingerprint density at radius 2 is 1.81 bits per heavy atom. The van der Waals surface area contributed by atoms with Crippen molar-refractivity contribution in [2.75, 3.05) is 0 Å². The molecule has 2 heterocycles. The Morgan fingerprint density at radius 1 is 1.26 bits per heavy atom. The zero-order chi connectivity index (χ0) is 20.3. The van der Waals surface area contributed by atoms with Gasteiger partial charge in [0.15, 0.2) is 5.78 Å². The number of amides is 1. The zero-order valence-corrected chi connectivity index (χ0v) is 17.5. The van der Waals surface area contributed by atoms with Gasteiger partial charge >= 0.3 is 5.97 Å². The molecule has 0 unspecified atom stereocenters. The number of carbonyl (C=O) groups excluding carboxylic acids is 2. The Balaban J connectivity index is 2.00. The van der Waals surface area contributed by atoms with Gasteiger partial charge in [0.05, 0.1) is 0 Å². The third-order valence-corrected chi connectivity index (χ3v) is 7.30. The summed E-state index contributed by atoms with van der Waals surface area (Å²) in [6.07, 6.45) is 0. The topological polar surface area (TPSA) is 86.7 Å². The monoisotopic (exact) mass is 406 g/mol. The molecule has 6 nitrogen and oxygen atoms in total. The summed E-state index contributed by atoms with van der Waals surface area (Å²) < 4.78 is -0.717. The lowest BCUT2D eigenvalue weighted by Crippen LogP contribution is -2.82. The summed E-state index contributed by atoms with van der Waals surface area (Å²) in [4.78, 5) is 39.0. The van der Waals surface area contributed by atoms with Crippen molar-refractivity contribution in [3.05, 3.63) is 34.9 Å². The summed E-state index contributed by atoms with van der Waals surface area (Å²) in [5.74, 6) is -1.96. The Hall–Kier alpha value is -1.93. The fourth-order valence-corrected chi connectivity index (χ4v) is 6.24. The number of thioether (sulfide) groups is 1. The average Bonchev–Trinajstić information content (AvgIpc) is 2.81. The van der Waals surface area contributed by atoms with E-state index in [9.17, 15) is 19.5 Å². The number of β-lactam (4-membered cyclic amide) rings is 1. The number of ketones is 1. The number of rotatable bonds is 4. The van der Waals surface area contributed by atoms with Crippen LogP contribution in [0.4, 0.5) is 0 Å². The van der Waals surface area contributed by atoms with E-state index in [-0.39, 0.29) is 5.78 Å². The van der Waals surface area contributed by atoms with Crippen LogP contribution in [0, 0.1) is 13.8 Å². The number of carbonyl (C=O) groups is 3. The maximum absolute atomic E-state index is 13.1. The van der Waals surface area contributed by atoms with Crippen molar-refractivity contribution in [2.24, 2.45) is 0 Å². The Bertz CT molecular complexity index is 862. The number of thiocarbonyl (C=S) groups is 1. The highest BCUT2D eigenvalue weighted by molar-refractivity contribution is 8.01. The molecule has 27 heavy (non-hydrogen) atoms. The first kappa shape index (κ1) is 19.8. The van der Waals surface area contributed by atoms with E-state index >= 15 is 0 Å². The van der Waals surface area contributed by atoms with Crippen molar-refractivity contribution in [2.45, 2.75) is 56.3 Å². The molecule has 3 atom stereocenters. The summed E-state index contributed by atoms with van der Waals surface area (Å²) in [6.45, 7) is 8.73. The molecule has 144 valence electrons. The van der Waals surface area contributed by atoms with Gasteiger partial charge in [0.1, 0.15) is 16.4 Å². The maximum Gasteiger partial charge on any atom is 0.327 e. The first-order valence-corrected chi connectivity index (χ1v) is 9.87. The van der Waals surface area contributed by atoms with Gasteiger partial charge in [-0.2, -0.15) is 0 Å². The minimum Gasteiger partial charge on any atom is -0.480 e. The van der Waals surface area contributed by atoms with E-state index in [4.69, 9.17) is 12.2 Å². The Kier molecular flexibility index (Phi) is 4.63. The van der Waals surface area contributed by atoms with Crippen LogP contribution >= 0.6 is 24.0 Å². The van der Waals surface area contributed by atoms with Crippen molar-refractivity contribution in [1.82, 2.24) is 10.2 Å². The number of nitrogens with zero attached hydrogens (tertiary/aromatic N) is 1. The molecule has 8 heteroatoms. The predicted octanol–water partition coefficient (Wildman–Crippen LogP) is 2.04. The molecule has 2 fully saturated rings. The van der Waals surface area contributed by atoms with Crippen LogP contribution in [0.25, 0.3) is 0 Å². The lowest BCUT2D eigenvalue weighted by Gasteiger charge is -2.52. The van der Waals surface area contributed by atoms with Gasteiger partial charge in [0.25, 0.3) is 5.91 Å². The van der Waals surface area contributed by atoms with Crippen LogP contribution in [0.15, 0.2) is 18.2 Å². The zero-order valence-electron chi connectivity index (χ0n) is 15.8. The van der Waals surface area contributed by atoms with E-state index in [1.165, 1.54) is 23.6 Å². The number of fused-ring (bicyclic) bond motifs is 1. The van der Waals surface area contributed by atoms with E-state index in [1.807, 2.05) is 32.0 Å². The van der Waals surface area contributed by atoms with Gasteiger partial charge in [0.2, 0.25) is 5.54 Å². The summed E-state index contributed by atoms with van der Waals surface area (Å²) in [7, 11) is 0. The van der Waals surface area contributed by atoms with Crippen molar-refractivity contribution in [1.29, 1.82) is 0 Å². The SMILES string of the molecule is CC(=O)[C@]1(NC(=S)c2c(C)cccc2C)C(=O)N2[C@@H](C(=O)O)C(C)(C)S[C@@H]21. The van der Waals surface area contributed by atoms with Gasteiger partial charge in [-0.15, -0.1) is 11.8 Å². The van der Waals surface area contributed by atoms with Crippen molar-refractivity contribution >= 4 is 46.6 Å². The van der Waals surface area contributed by atoms with Gasteiger partial charge in [-0.25, -0.2) is 4.79 Å². The molecular formula is C19H22N2O4S2. The van der Waals surface area contributed by atoms with Crippen LogP contribution in [-0.4, -0.2) is 54.4 Å². The molecule has 2 aliphatic heterocycles. The number of hydrogen-bond donors (Lipinski definition) is 2. The summed E-state index contributed by atoms with van der Waals surface area (Å²) in [6, 6.07) is 4.77. The number of aliphatic carboxylic acids is 1. The van der Waals surface area contributed by atoms with Crippen LogP contribution in [0.5, 0.6) is 0 Å². The molecule has 0 radical (unpaired) electrons. The number of carboxylic acids is 1. The molecule has 2 saturated heterocycles. The van der Waals surface area contributed by atoms with Crippen LogP contribution < -0.4 is 5.32 Å². The van der Waals surface area contributed by atoms with Gasteiger partial charge < -0.3 is 15.3 Å². The maximum atomic E-state index is 13.1. The van der Waals surface area contributed by atoms with E-state index in [0.29, 0.717) is 4.99 Å². The van der Waals surface area contributed by atoms with Crippen LogP contribution in [0.3, 0.4) is 0 Å². The molecular weight excluding hydrogens is 384 g/mol. The summed E-state index contributed by atoms with van der Waals surface area (Å²) in [5, 5.41) is 12.0. The number of nitrogens with one attached hydrogen (secondary N) is 1. The van der Waals surface area contributed by atoms with Gasteiger partial charge in [-0.1, -0.05) is 30.4 Å². The van der Waals surface area contributed by atoms with Gasteiger partial charge in [-0.05, 0) is 45.7 Å². The van der Waals surface area contributed by atoms with E-state index < -0.39 is 33.6 Å². The lowest BCUT2D eigenvalue weighted by molar-refractivity contribution is -0.169. The number of aryl methyl sites for hydroxylation is 2. The number of Topliss-reactive ketones (excluding diaryl/α,β-unsaturated/α-hetero) is 1. The van der Waals surface area contributed by atoms with E-state index in [2.05, 4.69) is 5.32 Å². The van der Waals surface area contributed by atoms with Crippen molar-refractivity contribution in [3.63, 3.8) is 0 Å². The number of benzene rings is 1. The molecule has 0 bridgehead atoms. The third-order valence-electron chi connectivity index (χ3n) is 5.36. The molecule has 1 aromatic carbocycles. The predicted molar refractivity (Wildman–Crippen MR) is 108 cm³/mol. The van der Waals surface area contributed by atoms with Crippen LogP contribution in [0.2, 0.25) is 0 Å². The molecule has 0 saturated carbocycles. The highest BCUT2D eigenvalue weighted by Crippen LogP contribution is 2.55. The number of carboxylic acid groups (broad SMARTS) is 1. The van der Waals surface area contributed by atoms with Gasteiger partial charge in [-0.3, -0.25) is 9.59 Å². The standard InChI is InChI=1S/C19H22N2O4S2/c1-9-7-6-8-10(2)12(9)14(26)20-19(11(3)22)16(25)21-13(15(23)24)18(4,5)27-17(19)21/h6-8,13,17H,1-5H3,(H,20,26)(H,23,24)/t13-,17+,19-/m0/s1. The van der Waals surface area contributed by atoms with E-state index in [1.54, 1.807) is 13.8 Å². The Labute approximate surface area is 167 Å². The lowest BCUT2D eigenvalue weighted by atomic mass is 9.81. The van der Waals surface area contributed by atoms with Gasteiger partial charge in [0, 0.05) is 10.3 Å². The molecule has 0 aliphatic carbocycles. The minimum atomic E-state index is -1.53. The highest BCUT2D eigenvalue weighted by Gasteiger charge is 2.74. The fraction of sp³-hybridized carbons (Fsp3) is 0.474. The second-order valence-electron chi connectivity index (χ2n) is 7.61. The first-order valence-electron chi connectivity index (χ1n) is 8.58. The fourth-order valence-electron chi connectivity index (χ4n) is 4.00. The normalized spacial score (nSPS) is 28.3. The Morgan fingerprint density at radius 3 is 2.30 bits per heavy atom. The smallest absolute Gasteiger partial charge is 0.327 e. The van der Waals surface area contributed by atoms with Crippen molar-refractivity contribution < 1.29 is 19.5 Å². The van der Waals surface area contributed by atoms with Crippen molar-refractivity contribution in [3.8, 4) is 0 Å². The minimum absolute atomic E-state index is 0.325. The average molecular weight is 407 g/mol. The first-order chi connectivity index (χ1) is 12.4. The second-order valence-corrected chi connectivity index (χ2v) is 9.75. The highest BCUT2D eigenvalue weighted by atomic mass is 32.2. The molecule has 2 N–H and O–H groups in total. The summed E-state index contributed by atoms with van der Waals surface area (Å²) in [5.41, 5.74) is 1.14. The molecule has 2 aliphatic rings. The molecule has 0 aromatic heterocycles. The molecule has 0 spiro atoms. The van der Waals surface area contributed by atoms with Crippen LogP contribution in [0.1, 0.15) is 37.5 Å². The second kappa shape index (κ2) is 6.31.